The second kappa shape index (κ2) is 6.65. The van der Waals surface area contributed by atoms with Crippen LogP contribution in [0.15, 0.2) is 48.5 Å². The Kier molecular flexibility index (Phi) is 4.74. The topological polar surface area (TPSA) is 0 Å². The molecule has 3 aromatic carbocycles. The van der Waals surface area contributed by atoms with Crippen LogP contribution in [0.2, 0.25) is 5.02 Å². The van der Waals surface area contributed by atoms with Gasteiger partial charge in [0.15, 0.2) is 0 Å². The average Bonchev–Trinajstić information content (AvgIpc) is 2.60. The zero-order valence-corrected chi connectivity index (χ0v) is 13.6. The van der Waals surface area contributed by atoms with E-state index in [0.717, 1.165) is 16.7 Å². The molecule has 102 valence electrons. The summed E-state index contributed by atoms with van der Waals surface area (Å²) in [5.41, 5.74) is 4.47. The third kappa shape index (κ3) is 2.86. The van der Waals surface area contributed by atoms with Gasteiger partial charge < -0.3 is 0 Å². The van der Waals surface area contributed by atoms with Crippen molar-refractivity contribution in [3.63, 3.8) is 0 Å². The third-order valence-corrected chi connectivity index (χ3v) is 4.27. The molecule has 0 aliphatic rings. The maximum absolute atomic E-state index is 6.20. The molecular weight excluding hydrogens is 306 g/mol. The average molecular weight is 314 g/mol. The van der Waals surface area contributed by atoms with Crippen LogP contribution in [-0.4, -0.2) is 39.2 Å². The lowest BCUT2D eigenvalue weighted by atomic mass is 9.59. The van der Waals surface area contributed by atoms with E-state index in [0.29, 0.717) is 21.5 Å². The van der Waals surface area contributed by atoms with E-state index in [2.05, 4.69) is 0 Å². The zero-order chi connectivity index (χ0) is 17.4. The molecule has 6 heteroatoms. The van der Waals surface area contributed by atoms with Gasteiger partial charge in [0.25, 0.3) is 0 Å². The van der Waals surface area contributed by atoms with Crippen LogP contribution in [0.3, 0.4) is 0 Å². The van der Waals surface area contributed by atoms with Crippen molar-refractivity contribution in [2.75, 3.05) is 0 Å². The van der Waals surface area contributed by atoms with Crippen LogP contribution in [0.1, 0.15) is 0 Å². The largest absolute Gasteiger partial charge is 0.113 e. The Bertz CT molecular complexity index is 893. The fourth-order valence-corrected chi connectivity index (χ4v) is 2.90. The minimum atomic E-state index is 0.198. The van der Waals surface area contributed by atoms with Crippen molar-refractivity contribution in [3.8, 4) is 22.3 Å². The van der Waals surface area contributed by atoms with Gasteiger partial charge in [-0.05, 0) is 34.4 Å². The Morgan fingerprint density at radius 2 is 1.12 bits per heavy atom. The highest BCUT2D eigenvalue weighted by atomic mass is 35.5. The summed E-state index contributed by atoms with van der Waals surface area (Å²) in [4.78, 5) is 0. The number of halogens is 1. The van der Waals surface area contributed by atoms with Crippen molar-refractivity contribution in [2.45, 2.75) is 0 Å². The van der Waals surface area contributed by atoms with E-state index in [1.165, 1.54) is 0 Å². The molecule has 0 saturated carbocycles. The van der Waals surface area contributed by atoms with Gasteiger partial charge in [-0.15, -0.1) is 16.4 Å². The quantitative estimate of drug-likeness (QED) is 0.567. The van der Waals surface area contributed by atoms with Crippen LogP contribution in [0.5, 0.6) is 0 Å². The lowest BCUT2D eigenvalue weighted by molar-refractivity contribution is 1.61. The third-order valence-electron chi connectivity index (χ3n) is 4.04. The van der Waals surface area contributed by atoms with Crippen molar-refractivity contribution in [1.29, 1.82) is 0 Å². The van der Waals surface area contributed by atoms with Gasteiger partial charge in [-0.2, -0.15) is 0 Å². The van der Waals surface area contributed by atoms with Crippen molar-refractivity contribution in [3.05, 3.63) is 53.6 Å². The molecular formula is C18H8B5Cl. The van der Waals surface area contributed by atoms with Crippen LogP contribution in [0.4, 0.5) is 0 Å². The molecule has 24 heavy (non-hydrogen) atoms. The van der Waals surface area contributed by atoms with Crippen molar-refractivity contribution in [1.82, 2.24) is 0 Å². The van der Waals surface area contributed by atoms with E-state index in [1.54, 1.807) is 6.07 Å². The van der Waals surface area contributed by atoms with Gasteiger partial charge in [0.1, 0.15) is 39.2 Å². The predicted molar refractivity (Wildman–Crippen MR) is 109 cm³/mol. The van der Waals surface area contributed by atoms with E-state index >= 15 is 0 Å². The van der Waals surface area contributed by atoms with E-state index in [9.17, 15) is 0 Å². The highest BCUT2D eigenvalue weighted by molar-refractivity contribution is 6.68. The minimum absolute atomic E-state index is 0.198. The van der Waals surface area contributed by atoms with Gasteiger partial charge in [-0.3, -0.25) is 0 Å². The Labute approximate surface area is 154 Å². The van der Waals surface area contributed by atoms with Gasteiger partial charge >= 0.3 is 0 Å². The SMILES string of the molecule is [B]c1c([B])c([B])c(-c2ccc(Cl)cc2-c2ccccc2)c([B])c1[B]. The highest BCUT2D eigenvalue weighted by Crippen LogP contribution is 2.32. The lowest BCUT2D eigenvalue weighted by Gasteiger charge is -2.23. The van der Waals surface area contributed by atoms with E-state index in [4.69, 9.17) is 50.8 Å². The Balaban J connectivity index is 2.37. The molecule has 10 radical (unpaired) electrons. The molecule has 0 bridgehead atoms. The van der Waals surface area contributed by atoms with Crippen LogP contribution in [0.25, 0.3) is 22.3 Å². The second-order valence-corrected chi connectivity index (χ2v) is 5.94. The summed E-state index contributed by atoms with van der Waals surface area (Å²) >= 11 is 6.19. The van der Waals surface area contributed by atoms with Gasteiger partial charge in [-0.25, -0.2) is 0 Å². The molecule has 0 N–H and O–H groups in total. The standard InChI is InChI=1S/C18H8B5Cl/c19-14-13(15(20)17(22)18(23)16(14)21)11-7-6-10(24)8-12(11)9-4-2-1-3-5-9/h1-8H. The van der Waals surface area contributed by atoms with Gasteiger partial charge in [0.05, 0.1) is 0 Å². The van der Waals surface area contributed by atoms with Crippen molar-refractivity contribution < 1.29 is 0 Å². The molecule has 3 aromatic rings. The first kappa shape index (κ1) is 17.1. The molecule has 0 fully saturated rings. The number of benzene rings is 3. The minimum Gasteiger partial charge on any atom is -0.112 e. The van der Waals surface area contributed by atoms with Crippen LogP contribution in [0, 0.1) is 0 Å². The molecule has 3 rings (SSSR count). The summed E-state index contributed by atoms with van der Waals surface area (Å²) in [5.74, 6) is 0. The van der Waals surface area contributed by atoms with Crippen molar-refractivity contribution >= 4 is 78.1 Å². The van der Waals surface area contributed by atoms with Gasteiger partial charge in [0.2, 0.25) is 0 Å². The summed E-state index contributed by atoms with van der Waals surface area (Å²) in [6.07, 6.45) is 0. The van der Waals surface area contributed by atoms with Crippen LogP contribution >= 0.6 is 11.6 Å². The summed E-state index contributed by atoms with van der Waals surface area (Å²) in [7, 11) is 30.3. The predicted octanol–water partition coefficient (Wildman–Crippen LogP) is -0.357. The molecule has 0 nitrogen and oxygen atoms in total. The zero-order valence-electron chi connectivity index (χ0n) is 12.9. The summed E-state index contributed by atoms with van der Waals surface area (Å²) in [5, 5.41) is 0.603. The second-order valence-electron chi connectivity index (χ2n) is 5.50. The fourth-order valence-electron chi connectivity index (χ4n) is 2.73. The van der Waals surface area contributed by atoms with Gasteiger partial charge in [0, 0.05) is 5.02 Å². The smallest absolute Gasteiger partial charge is 0.112 e. The summed E-state index contributed by atoms with van der Waals surface area (Å²) < 4.78 is 0. The van der Waals surface area contributed by atoms with Crippen molar-refractivity contribution in [2.24, 2.45) is 0 Å². The Morgan fingerprint density at radius 3 is 1.71 bits per heavy atom. The van der Waals surface area contributed by atoms with Gasteiger partial charge in [-0.1, -0.05) is 58.9 Å². The molecule has 0 aliphatic carbocycles. The lowest BCUT2D eigenvalue weighted by Crippen LogP contribution is -2.55. The molecule has 0 aromatic heterocycles. The Hall–Kier alpha value is -1.73. The normalized spacial score (nSPS) is 10.7. The summed E-state index contributed by atoms with van der Waals surface area (Å²) in [6.45, 7) is 0. The highest BCUT2D eigenvalue weighted by Gasteiger charge is 2.15. The molecule has 0 unspecified atom stereocenters. The number of rotatable bonds is 2. The molecule has 0 heterocycles. The number of hydrogen-bond donors (Lipinski definition) is 0. The molecule has 0 spiro atoms. The first-order chi connectivity index (χ1) is 11.4. The monoisotopic (exact) mass is 314 g/mol. The van der Waals surface area contributed by atoms with Crippen LogP contribution in [-0.2, 0) is 0 Å². The number of hydrogen-bond acceptors (Lipinski definition) is 0. The first-order valence-corrected chi connectivity index (χ1v) is 7.66. The maximum atomic E-state index is 6.20. The molecule has 0 amide bonds. The maximum Gasteiger partial charge on any atom is 0.113 e. The molecule has 0 atom stereocenters. The van der Waals surface area contributed by atoms with Crippen LogP contribution < -0.4 is 27.3 Å². The van der Waals surface area contributed by atoms with E-state index in [1.807, 2.05) is 42.5 Å². The Morgan fingerprint density at radius 1 is 0.583 bits per heavy atom. The molecule has 0 aliphatic heterocycles. The molecule has 0 saturated heterocycles. The van der Waals surface area contributed by atoms with E-state index < -0.39 is 0 Å². The first-order valence-electron chi connectivity index (χ1n) is 7.28. The van der Waals surface area contributed by atoms with E-state index in [-0.39, 0.29) is 16.4 Å². The fraction of sp³-hybridized carbons (Fsp3) is 0. The summed E-state index contributed by atoms with van der Waals surface area (Å²) in [6, 6.07) is 15.3.